The first-order chi connectivity index (χ1) is 5.83. The molecule has 0 unspecified atom stereocenters. The number of hydrogen-bond acceptors (Lipinski definition) is 2. The molecule has 13 heavy (non-hydrogen) atoms. The van der Waals surface area contributed by atoms with Crippen molar-refractivity contribution in [2.45, 2.75) is 47.3 Å². The molecule has 0 aliphatic carbocycles. The van der Waals surface area contributed by atoms with Crippen LogP contribution in [0.25, 0.3) is 0 Å². The molecule has 0 amide bonds. The van der Waals surface area contributed by atoms with E-state index in [2.05, 4.69) is 0 Å². The smallest absolute Gasteiger partial charge is 0.246 e. The maximum absolute atomic E-state index is 5.68. The topological polar surface area (TPSA) is 18.5 Å². The van der Waals surface area contributed by atoms with Gasteiger partial charge in [-0.05, 0) is 38.8 Å². The van der Waals surface area contributed by atoms with Gasteiger partial charge in [0.05, 0.1) is 0 Å². The molecule has 0 aromatic carbocycles. The molecule has 0 atom stereocenters. The first-order valence-electron chi connectivity index (χ1n) is 4.57. The zero-order chi connectivity index (χ0) is 10.2. The molecule has 1 rings (SSSR count). The van der Waals surface area contributed by atoms with Crippen LogP contribution in [-0.4, -0.2) is 5.79 Å². The van der Waals surface area contributed by atoms with Crippen molar-refractivity contribution in [3.05, 3.63) is 22.7 Å². The lowest BCUT2D eigenvalue weighted by Crippen LogP contribution is -2.18. The van der Waals surface area contributed by atoms with Gasteiger partial charge in [0.15, 0.2) is 11.5 Å². The van der Waals surface area contributed by atoms with Crippen LogP contribution >= 0.6 is 0 Å². The molecule has 0 spiro atoms. The van der Waals surface area contributed by atoms with Crippen LogP contribution < -0.4 is 0 Å². The maximum atomic E-state index is 5.68. The van der Waals surface area contributed by atoms with Gasteiger partial charge >= 0.3 is 0 Å². The second-order valence-corrected chi connectivity index (χ2v) is 4.26. The lowest BCUT2D eigenvalue weighted by atomic mass is 10.2. The van der Waals surface area contributed by atoms with Gasteiger partial charge in [0.25, 0.3) is 0 Å². The summed E-state index contributed by atoms with van der Waals surface area (Å²) in [6, 6.07) is 0. The zero-order valence-corrected chi connectivity index (χ0v) is 9.32. The van der Waals surface area contributed by atoms with Crippen LogP contribution in [0.5, 0.6) is 0 Å². The van der Waals surface area contributed by atoms with Crippen LogP contribution in [0.1, 0.15) is 41.5 Å². The highest BCUT2D eigenvalue weighted by molar-refractivity contribution is 5.30. The Bertz CT molecular complexity index is 246. The first kappa shape index (κ1) is 10.2. The summed E-state index contributed by atoms with van der Waals surface area (Å²) >= 11 is 0. The van der Waals surface area contributed by atoms with Gasteiger partial charge in [-0.2, -0.15) is 0 Å². The predicted octanol–water partition coefficient (Wildman–Crippen LogP) is 3.36. The van der Waals surface area contributed by atoms with Crippen LogP contribution in [0, 0.1) is 0 Å². The summed E-state index contributed by atoms with van der Waals surface area (Å²) in [5.74, 6) is 1.27. The molecule has 0 bridgehead atoms. The Kier molecular flexibility index (Phi) is 2.42. The third kappa shape index (κ3) is 2.06. The standard InChI is InChI=1S/C11H18O2/c1-7(2)9-10(8(3)4)13-11(5,6)12-9/h1-6H3. The average Bonchev–Trinajstić information content (AvgIpc) is 2.26. The molecule has 1 fully saturated rings. The summed E-state index contributed by atoms with van der Waals surface area (Å²) in [6.45, 7) is 12.0. The second kappa shape index (κ2) is 3.09. The largest absolute Gasteiger partial charge is 0.449 e. The van der Waals surface area contributed by atoms with Crippen molar-refractivity contribution in [3.8, 4) is 0 Å². The van der Waals surface area contributed by atoms with Crippen LogP contribution in [0.3, 0.4) is 0 Å². The number of hydrogen-bond donors (Lipinski definition) is 0. The highest BCUT2D eigenvalue weighted by Gasteiger charge is 2.35. The Morgan fingerprint density at radius 1 is 0.846 bits per heavy atom. The van der Waals surface area contributed by atoms with E-state index in [1.807, 2.05) is 41.5 Å². The second-order valence-electron chi connectivity index (χ2n) is 4.26. The normalized spacial score (nSPS) is 19.5. The molecule has 0 radical (unpaired) electrons. The van der Waals surface area contributed by atoms with Crippen LogP contribution in [0.2, 0.25) is 0 Å². The predicted molar refractivity (Wildman–Crippen MR) is 53.0 cm³/mol. The van der Waals surface area contributed by atoms with Gasteiger partial charge in [0.1, 0.15) is 0 Å². The quantitative estimate of drug-likeness (QED) is 0.572. The zero-order valence-electron chi connectivity index (χ0n) is 9.32. The Morgan fingerprint density at radius 3 is 1.38 bits per heavy atom. The van der Waals surface area contributed by atoms with Crippen molar-refractivity contribution in [1.29, 1.82) is 0 Å². The molecule has 0 N–H and O–H groups in total. The fourth-order valence-electron chi connectivity index (χ4n) is 1.26. The summed E-state index contributed by atoms with van der Waals surface area (Å²) in [6.07, 6.45) is 0. The number of rotatable bonds is 0. The summed E-state index contributed by atoms with van der Waals surface area (Å²) < 4.78 is 11.4. The molecule has 0 aromatic rings. The first-order valence-corrected chi connectivity index (χ1v) is 4.57. The molecular weight excluding hydrogens is 164 g/mol. The molecule has 1 heterocycles. The fourth-order valence-corrected chi connectivity index (χ4v) is 1.26. The van der Waals surface area contributed by atoms with Gasteiger partial charge < -0.3 is 9.47 Å². The van der Waals surface area contributed by atoms with Gasteiger partial charge in [-0.15, -0.1) is 0 Å². The lowest BCUT2D eigenvalue weighted by Gasteiger charge is -2.15. The maximum Gasteiger partial charge on any atom is 0.246 e. The minimum absolute atomic E-state index is 0.515. The number of ether oxygens (including phenoxy) is 2. The van der Waals surface area contributed by atoms with Gasteiger partial charge in [-0.25, -0.2) is 0 Å². The molecule has 0 aromatic heterocycles. The van der Waals surface area contributed by atoms with E-state index >= 15 is 0 Å². The summed E-state index contributed by atoms with van der Waals surface area (Å²) in [5.41, 5.74) is 2.31. The van der Waals surface area contributed by atoms with Crippen molar-refractivity contribution >= 4 is 0 Å². The lowest BCUT2D eigenvalue weighted by molar-refractivity contribution is -0.105. The Labute approximate surface area is 80.2 Å². The minimum Gasteiger partial charge on any atom is -0.449 e. The molecule has 1 aliphatic rings. The third-order valence-electron chi connectivity index (χ3n) is 1.81. The van der Waals surface area contributed by atoms with Gasteiger partial charge in [0, 0.05) is 13.8 Å². The van der Waals surface area contributed by atoms with E-state index in [1.165, 1.54) is 0 Å². The van der Waals surface area contributed by atoms with E-state index in [4.69, 9.17) is 9.47 Å². The minimum atomic E-state index is -0.515. The summed E-state index contributed by atoms with van der Waals surface area (Å²) in [4.78, 5) is 0. The third-order valence-corrected chi connectivity index (χ3v) is 1.81. The molecule has 1 saturated heterocycles. The van der Waals surface area contributed by atoms with Crippen LogP contribution in [0.4, 0.5) is 0 Å². The van der Waals surface area contributed by atoms with Crippen molar-refractivity contribution in [3.63, 3.8) is 0 Å². The van der Waals surface area contributed by atoms with Crippen molar-refractivity contribution in [1.82, 2.24) is 0 Å². The van der Waals surface area contributed by atoms with E-state index in [9.17, 15) is 0 Å². The van der Waals surface area contributed by atoms with Gasteiger partial charge in [0.2, 0.25) is 5.79 Å². The molecule has 0 saturated carbocycles. The van der Waals surface area contributed by atoms with E-state index in [0.717, 1.165) is 22.7 Å². The van der Waals surface area contributed by atoms with Crippen molar-refractivity contribution in [2.75, 3.05) is 0 Å². The number of allylic oxidation sites excluding steroid dienone is 2. The van der Waals surface area contributed by atoms with Gasteiger partial charge in [-0.3, -0.25) is 0 Å². The molecule has 1 aliphatic heterocycles. The molecule has 2 nitrogen and oxygen atoms in total. The summed E-state index contributed by atoms with van der Waals surface area (Å²) in [5, 5.41) is 0. The summed E-state index contributed by atoms with van der Waals surface area (Å²) in [7, 11) is 0. The average molecular weight is 182 g/mol. The van der Waals surface area contributed by atoms with E-state index in [1.54, 1.807) is 0 Å². The SMILES string of the molecule is CC(C)=C1OC(C)(C)OC1=C(C)C. The van der Waals surface area contributed by atoms with E-state index in [0.29, 0.717) is 0 Å². The van der Waals surface area contributed by atoms with E-state index < -0.39 is 5.79 Å². The van der Waals surface area contributed by atoms with E-state index in [-0.39, 0.29) is 0 Å². The van der Waals surface area contributed by atoms with Crippen molar-refractivity contribution in [2.24, 2.45) is 0 Å². The molecule has 2 heteroatoms. The fraction of sp³-hybridized carbons (Fsp3) is 0.636. The Hall–Kier alpha value is -0.920. The molecular formula is C11H18O2. The van der Waals surface area contributed by atoms with Crippen molar-refractivity contribution < 1.29 is 9.47 Å². The highest BCUT2D eigenvalue weighted by atomic mass is 16.7. The highest BCUT2D eigenvalue weighted by Crippen LogP contribution is 2.37. The van der Waals surface area contributed by atoms with Crippen LogP contribution in [0.15, 0.2) is 22.7 Å². The Morgan fingerprint density at radius 2 is 1.15 bits per heavy atom. The monoisotopic (exact) mass is 182 g/mol. The van der Waals surface area contributed by atoms with Gasteiger partial charge in [-0.1, -0.05) is 0 Å². The van der Waals surface area contributed by atoms with Crippen LogP contribution in [-0.2, 0) is 9.47 Å². The molecule has 74 valence electrons. The Balaban J connectivity index is 3.14.